The number of rotatable bonds is 1. The van der Waals surface area contributed by atoms with E-state index in [1.165, 1.54) is 0 Å². The highest BCUT2D eigenvalue weighted by Crippen LogP contribution is 2.21. The Kier molecular flexibility index (Phi) is 2.06. The second-order valence-corrected chi connectivity index (χ2v) is 3.29. The van der Waals surface area contributed by atoms with Crippen molar-refractivity contribution >= 4 is 23.0 Å². The molecule has 0 aromatic heterocycles. The Hall–Kier alpha value is -1.29. The number of nitrogens with one attached hydrogen (secondary N) is 1. The lowest BCUT2D eigenvalue weighted by Gasteiger charge is -2.16. The van der Waals surface area contributed by atoms with Crippen molar-refractivity contribution in [2.24, 2.45) is 0 Å². The number of phenols is 1. The van der Waals surface area contributed by atoms with E-state index < -0.39 is 0 Å². The number of benzene rings is 1. The van der Waals surface area contributed by atoms with E-state index >= 15 is 0 Å². The molecule has 1 aromatic rings. The first-order chi connectivity index (χ1) is 6.27. The van der Waals surface area contributed by atoms with Crippen LogP contribution in [0.3, 0.4) is 0 Å². The van der Waals surface area contributed by atoms with Crippen LogP contribution in [-0.2, 0) is 0 Å². The molecule has 4 heteroatoms. The molecule has 2 N–H and O–H groups in total. The van der Waals surface area contributed by atoms with E-state index in [0.717, 1.165) is 23.9 Å². The van der Waals surface area contributed by atoms with E-state index in [1.54, 1.807) is 12.1 Å². The molecule has 1 aromatic carbocycles. The fourth-order valence-corrected chi connectivity index (χ4v) is 1.68. The van der Waals surface area contributed by atoms with Gasteiger partial charge in [-0.25, -0.2) is 0 Å². The summed E-state index contributed by atoms with van der Waals surface area (Å²) in [6, 6.07) is 7.10. The van der Waals surface area contributed by atoms with Crippen LogP contribution in [0.4, 0.5) is 5.69 Å². The Morgan fingerprint density at radius 3 is 2.92 bits per heavy atom. The predicted octanol–water partition coefficient (Wildman–Crippen LogP) is 1.09. The summed E-state index contributed by atoms with van der Waals surface area (Å²) >= 11 is 5.10. The minimum Gasteiger partial charge on any atom is -0.508 e. The summed E-state index contributed by atoms with van der Waals surface area (Å²) in [6.45, 7) is 1.73. The number of hydrogen-bond acceptors (Lipinski definition) is 2. The third-order valence-electron chi connectivity index (χ3n) is 2.00. The van der Waals surface area contributed by atoms with Crippen LogP contribution in [-0.4, -0.2) is 23.3 Å². The highest BCUT2D eigenvalue weighted by Gasteiger charge is 2.17. The topological polar surface area (TPSA) is 35.5 Å². The van der Waals surface area contributed by atoms with Gasteiger partial charge in [-0.3, -0.25) is 0 Å². The van der Waals surface area contributed by atoms with Gasteiger partial charge in [-0.2, -0.15) is 0 Å². The van der Waals surface area contributed by atoms with Crippen LogP contribution >= 0.6 is 12.2 Å². The lowest BCUT2D eigenvalue weighted by Crippen LogP contribution is -2.27. The van der Waals surface area contributed by atoms with Crippen LogP contribution in [0.1, 0.15) is 0 Å². The van der Waals surface area contributed by atoms with Gasteiger partial charge in [0.05, 0.1) is 0 Å². The van der Waals surface area contributed by atoms with Crippen LogP contribution in [0.25, 0.3) is 0 Å². The number of phenolic OH excluding ortho intramolecular Hbond substituents is 1. The van der Waals surface area contributed by atoms with Crippen molar-refractivity contribution in [1.82, 2.24) is 5.32 Å². The smallest absolute Gasteiger partial charge is 0.173 e. The van der Waals surface area contributed by atoms with E-state index in [-0.39, 0.29) is 5.75 Å². The van der Waals surface area contributed by atoms with Gasteiger partial charge in [0.2, 0.25) is 0 Å². The first-order valence-corrected chi connectivity index (χ1v) is 4.52. The van der Waals surface area contributed by atoms with Crippen LogP contribution < -0.4 is 10.2 Å². The Labute approximate surface area is 82.0 Å². The lowest BCUT2D eigenvalue weighted by molar-refractivity contribution is 0.475. The average Bonchev–Trinajstić information content (AvgIpc) is 2.51. The Morgan fingerprint density at radius 2 is 2.31 bits per heavy atom. The van der Waals surface area contributed by atoms with E-state index in [4.69, 9.17) is 12.2 Å². The molecule has 1 aliphatic heterocycles. The SMILES string of the molecule is Oc1cccc(N2CCNC2=S)c1. The fraction of sp³-hybridized carbons (Fsp3) is 0.222. The highest BCUT2D eigenvalue weighted by molar-refractivity contribution is 7.80. The Balaban J connectivity index is 2.29. The Bertz CT molecular complexity index is 340. The van der Waals surface area contributed by atoms with Crippen molar-refractivity contribution in [3.05, 3.63) is 24.3 Å². The number of thiocarbonyl (C=S) groups is 1. The maximum Gasteiger partial charge on any atom is 0.173 e. The number of hydrogen-bond donors (Lipinski definition) is 2. The van der Waals surface area contributed by atoms with E-state index in [0.29, 0.717) is 0 Å². The molecule has 68 valence electrons. The molecule has 1 saturated heterocycles. The fourth-order valence-electron chi connectivity index (χ4n) is 1.38. The van der Waals surface area contributed by atoms with Gasteiger partial charge in [-0.1, -0.05) is 6.07 Å². The normalized spacial score (nSPS) is 16.0. The third kappa shape index (κ3) is 1.58. The minimum absolute atomic E-state index is 0.271. The number of nitrogens with zero attached hydrogens (tertiary/aromatic N) is 1. The summed E-state index contributed by atoms with van der Waals surface area (Å²) < 4.78 is 0. The van der Waals surface area contributed by atoms with Crippen molar-refractivity contribution in [2.75, 3.05) is 18.0 Å². The summed E-state index contributed by atoms with van der Waals surface area (Å²) in [5.41, 5.74) is 0.940. The molecule has 0 atom stereocenters. The quantitative estimate of drug-likeness (QED) is 0.656. The zero-order chi connectivity index (χ0) is 9.26. The van der Waals surface area contributed by atoms with Gasteiger partial charge in [0, 0.05) is 24.8 Å². The first-order valence-electron chi connectivity index (χ1n) is 4.12. The largest absolute Gasteiger partial charge is 0.508 e. The molecule has 1 aliphatic rings. The molecular formula is C9H10N2OS. The van der Waals surface area contributed by atoms with Crippen molar-refractivity contribution in [2.45, 2.75) is 0 Å². The van der Waals surface area contributed by atoms with Crippen molar-refractivity contribution in [3.63, 3.8) is 0 Å². The van der Waals surface area contributed by atoms with Crippen LogP contribution in [0, 0.1) is 0 Å². The Morgan fingerprint density at radius 1 is 1.46 bits per heavy atom. The van der Waals surface area contributed by atoms with Gasteiger partial charge in [-0.15, -0.1) is 0 Å². The van der Waals surface area contributed by atoms with Crippen molar-refractivity contribution in [1.29, 1.82) is 0 Å². The summed E-state index contributed by atoms with van der Waals surface area (Å²) in [6.07, 6.45) is 0. The molecule has 0 saturated carbocycles. The highest BCUT2D eigenvalue weighted by atomic mass is 32.1. The second kappa shape index (κ2) is 3.22. The molecule has 0 aliphatic carbocycles. The lowest BCUT2D eigenvalue weighted by atomic mass is 10.3. The van der Waals surface area contributed by atoms with Crippen molar-refractivity contribution < 1.29 is 5.11 Å². The molecule has 0 spiro atoms. The first kappa shape index (κ1) is 8.31. The van der Waals surface area contributed by atoms with E-state index in [9.17, 15) is 5.11 Å². The van der Waals surface area contributed by atoms with Gasteiger partial charge in [0.1, 0.15) is 5.75 Å². The molecule has 0 amide bonds. The average molecular weight is 194 g/mol. The maximum atomic E-state index is 9.27. The van der Waals surface area contributed by atoms with Crippen LogP contribution in [0.15, 0.2) is 24.3 Å². The van der Waals surface area contributed by atoms with Gasteiger partial charge < -0.3 is 15.3 Å². The maximum absolute atomic E-state index is 9.27. The molecule has 0 radical (unpaired) electrons. The molecule has 13 heavy (non-hydrogen) atoms. The molecule has 1 fully saturated rings. The molecular weight excluding hydrogens is 184 g/mol. The third-order valence-corrected chi connectivity index (χ3v) is 2.36. The van der Waals surface area contributed by atoms with E-state index in [1.807, 2.05) is 17.0 Å². The number of aromatic hydroxyl groups is 1. The zero-order valence-corrected chi connectivity index (χ0v) is 7.84. The standard InChI is InChI=1S/C9H10N2OS/c12-8-3-1-2-7(6-8)11-5-4-10-9(11)13/h1-3,6,12H,4-5H2,(H,10,13). The van der Waals surface area contributed by atoms with Gasteiger partial charge >= 0.3 is 0 Å². The van der Waals surface area contributed by atoms with Crippen LogP contribution in [0.5, 0.6) is 5.75 Å². The molecule has 2 rings (SSSR count). The minimum atomic E-state index is 0.271. The van der Waals surface area contributed by atoms with Gasteiger partial charge in [0.25, 0.3) is 0 Å². The summed E-state index contributed by atoms with van der Waals surface area (Å²) in [4.78, 5) is 1.97. The van der Waals surface area contributed by atoms with E-state index in [2.05, 4.69) is 5.32 Å². The molecule has 3 nitrogen and oxygen atoms in total. The molecule has 0 unspecified atom stereocenters. The van der Waals surface area contributed by atoms with Crippen LogP contribution in [0.2, 0.25) is 0 Å². The second-order valence-electron chi connectivity index (χ2n) is 2.90. The predicted molar refractivity (Wildman–Crippen MR) is 56.1 cm³/mol. The monoisotopic (exact) mass is 194 g/mol. The summed E-state index contributed by atoms with van der Waals surface area (Å²) in [5, 5.41) is 13.1. The molecule has 1 heterocycles. The zero-order valence-electron chi connectivity index (χ0n) is 7.03. The summed E-state index contributed by atoms with van der Waals surface area (Å²) in [5.74, 6) is 0.271. The van der Waals surface area contributed by atoms with Gasteiger partial charge in [-0.05, 0) is 24.4 Å². The number of anilines is 1. The summed E-state index contributed by atoms with van der Waals surface area (Å²) in [7, 11) is 0. The van der Waals surface area contributed by atoms with Crippen molar-refractivity contribution in [3.8, 4) is 5.75 Å². The van der Waals surface area contributed by atoms with Gasteiger partial charge in [0.15, 0.2) is 5.11 Å². The molecule has 0 bridgehead atoms.